The van der Waals surface area contributed by atoms with Crippen LogP contribution in [-0.2, 0) is 13.0 Å². The minimum atomic E-state index is -0.200. The Balaban J connectivity index is 1.76. The highest BCUT2D eigenvalue weighted by Crippen LogP contribution is 2.20. The van der Waals surface area contributed by atoms with Crippen molar-refractivity contribution in [1.29, 1.82) is 0 Å². The lowest BCUT2D eigenvalue weighted by atomic mass is 9.99. The predicted molar refractivity (Wildman–Crippen MR) is 93.9 cm³/mol. The standard InChI is InChI=1S/C20H20N2O2/c1-2-11-21-19(23)16-8-5-9-17(13-16)20(24)22-12-10-15-6-3-4-7-18(15)14-22/h2-9,13H,1,10-12,14H2,(H,21,23). The normalized spacial score (nSPS) is 13.1. The number of hydrogen-bond acceptors (Lipinski definition) is 2. The molecule has 1 heterocycles. The molecule has 0 saturated carbocycles. The van der Waals surface area contributed by atoms with E-state index in [0.29, 0.717) is 30.8 Å². The van der Waals surface area contributed by atoms with Crippen LogP contribution in [0.15, 0.2) is 61.2 Å². The largest absolute Gasteiger partial charge is 0.349 e. The van der Waals surface area contributed by atoms with Gasteiger partial charge >= 0.3 is 0 Å². The van der Waals surface area contributed by atoms with E-state index in [1.807, 2.05) is 17.0 Å². The summed E-state index contributed by atoms with van der Waals surface area (Å²) in [7, 11) is 0. The van der Waals surface area contributed by atoms with E-state index in [1.165, 1.54) is 11.1 Å². The molecule has 4 nitrogen and oxygen atoms in total. The molecule has 1 aliphatic rings. The maximum atomic E-state index is 12.8. The molecule has 0 aromatic heterocycles. The van der Waals surface area contributed by atoms with Crippen molar-refractivity contribution < 1.29 is 9.59 Å². The highest BCUT2D eigenvalue weighted by Gasteiger charge is 2.22. The molecule has 0 spiro atoms. The summed E-state index contributed by atoms with van der Waals surface area (Å²) in [6, 6.07) is 15.1. The van der Waals surface area contributed by atoms with Crippen LogP contribution in [0.1, 0.15) is 31.8 Å². The zero-order valence-electron chi connectivity index (χ0n) is 13.5. The Kier molecular flexibility index (Phi) is 4.75. The Hall–Kier alpha value is -2.88. The number of rotatable bonds is 4. The van der Waals surface area contributed by atoms with Gasteiger partial charge in [-0.05, 0) is 35.7 Å². The maximum absolute atomic E-state index is 12.8. The van der Waals surface area contributed by atoms with E-state index in [2.05, 4.69) is 24.0 Å². The first-order chi connectivity index (χ1) is 11.7. The summed E-state index contributed by atoms with van der Waals surface area (Å²) in [6.45, 7) is 5.29. The van der Waals surface area contributed by atoms with Crippen LogP contribution < -0.4 is 5.32 Å². The minimum Gasteiger partial charge on any atom is -0.349 e. The van der Waals surface area contributed by atoms with Crippen LogP contribution in [0.5, 0.6) is 0 Å². The van der Waals surface area contributed by atoms with Crippen molar-refractivity contribution in [3.63, 3.8) is 0 Å². The van der Waals surface area contributed by atoms with Crippen LogP contribution in [0, 0.1) is 0 Å². The maximum Gasteiger partial charge on any atom is 0.254 e. The van der Waals surface area contributed by atoms with E-state index in [9.17, 15) is 9.59 Å². The van der Waals surface area contributed by atoms with Crippen LogP contribution in [0.3, 0.4) is 0 Å². The second-order valence-corrected chi connectivity index (χ2v) is 5.82. The van der Waals surface area contributed by atoms with Crippen LogP contribution in [0.4, 0.5) is 0 Å². The molecule has 0 fully saturated rings. The summed E-state index contributed by atoms with van der Waals surface area (Å²) >= 11 is 0. The summed E-state index contributed by atoms with van der Waals surface area (Å²) < 4.78 is 0. The molecule has 2 aromatic rings. The zero-order valence-corrected chi connectivity index (χ0v) is 13.5. The number of carbonyl (C=O) groups is 2. The van der Waals surface area contributed by atoms with Crippen molar-refractivity contribution in [1.82, 2.24) is 10.2 Å². The molecular formula is C20H20N2O2. The first-order valence-electron chi connectivity index (χ1n) is 8.04. The van der Waals surface area contributed by atoms with Gasteiger partial charge in [0.1, 0.15) is 0 Å². The van der Waals surface area contributed by atoms with Gasteiger partial charge < -0.3 is 10.2 Å². The van der Waals surface area contributed by atoms with E-state index in [-0.39, 0.29) is 11.8 Å². The molecule has 0 aliphatic carbocycles. The van der Waals surface area contributed by atoms with Crippen molar-refractivity contribution in [3.05, 3.63) is 83.4 Å². The third-order valence-electron chi connectivity index (χ3n) is 4.20. The molecule has 0 radical (unpaired) electrons. The second-order valence-electron chi connectivity index (χ2n) is 5.82. The summed E-state index contributed by atoms with van der Waals surface area (Å²) in [4.78, 5) is 26.6. The van der Waals surface area contributed by atoms with Crippen LogP contribution in [-0.4, -0.2) is 29.8 Å². The van der Waals surface area contributed by atoms with Crippen molar-refractivity contribution in [2.75, 3.05) is 13.1 Å². The van der Waals surface area contributed by atoms with Gasteiger partial charge in [-0.25, -0.2) is 0 Å². The van der Waals surface area contributed by atoms with Gasteiger partial charge in [-0.15, -0.1) is 6.58 Å². The molecular weight excluding hydrogens is 300 g/mol. The molecule has 0 bridgehead atoms. The molecule has 1 N–H and O–H groups in total. The Morgan fingerprint density at radius 2 is 1.83 bits per heavy atom. The van der Waals surface area contributed by atoms with E-state index in [4.69, 9.17) is 0 Å². The lowest BCUT2D eigenvalue weighted by Gasteiger charge is -2.29. The van der Waals surface area contributed by atoms with Gasteiger partial charge in [0.25, 0.3) is 11.8 Å². The summed E-state index contributed by atoms with van der Waals surface area (Å²) in [5.74, 6) is -0.239. The third kappa shape index (κ3) is 3.38. The van der Waals surface area contributed by atoms with Crippen LogP contribution >= 0.6 is 0 Å². The second kappa shape index (κ2) is 7.13. The van der Waals surface area contributed by atoms with Crippen LogP contribution in [0.2, 0.25) is 0 Å². The monoisotopic (exact) mass is 320 g/mol. The number of fused-ring (bicyclic) bond motifs is 1. The Labute approximate surface area is 141 Å². The number of nitrogens with zero attached hydrogens (tertiary/aromatic N) is 1. The quantitative estimate of drug-likeness (QED) is 0.881. The highest BCUT2D eigenvalue weighted by atomic mass is 16.2. The number of amides is 2. The fraction of sp³-hybridized carbons (Fsp3) is 0.200. The van der Waals surface area contributed by atoms with Crippen LogP contribution in [0.25, 0.3) is 0 Å². The van der Waals surface area contributed by atoms with Crippen molar-refractivity contribution >= 4 is 11.8 Å². The average molecular weight is 320 g/mol. The fourth-order valence-electron chi connectivity index (χ4n) is 2.91. The van der Waals surface area contributed by atoms with Gasteiger partial charge in [-0.3, -0.25) is 9.59 Å². The fourth-order valence-corrected chi connectivity index (χ4v) is 2.91. The Morgan fingerprint density at radius 1 is 1.08 bits per heavy atom. The first-order valence-corrected chi connectivity index (χ1v) is 8.04. The van der Waals surface area contributed by atoms with Crippen molar-refractivity contribution in [2.24, 2.45) is 0 Å². The molecule has 0 unspecified atom stereocenters. The van der Waals surface area contributed by atoms with Gasteiger partial charge in [0.05, 0.1) is 0 Å². The van der Waals surface area contributed by atoms with Crippen molar-refractivity contribution in [2.45, 2.75) is 13.0 Å². The first kappa shape index (κ1) is 16.0. The lowest BCUT2D eigenvalue weighted by molar-refractivity contribution is 0.0734. The predicted octanol–water partition coefficient (Wildman–Crippen LogP) is 2.80. The lowest BCUT2D eigenvalue weighted by Crippen LogP contribution is -2.36. The molecule has 0 saturated heterocycles. The number of carbonyl (C=O) groups excluding carboxylic acids is 2. The summed E-state index contributed by atoms with van der Waals surface area (Å²) in [6.07, 6.45) is 2.49. The molecule has 0 atom stereocenters. The highest BCUT2D eigenvalue weighted by molar-refractivity contribution is 5.99. The van der Waals surface area contributed by atoms with E-state index >= 15 is 0 Å². The van der Waals surface area contributed by atoms with E-state index in [0.717, 1.165) is 6.42 Å². The van der Waals surface area contributed by atoms with Gasteiger partial charge in [0.2, 0.25) is 0 Å². The van der Waals surface area contributed by atoms with Crippen molar-refractivity contribution in [3.8, 4) is 0 Å². The van der Waals surface area contributed by atoms with Gasteiger partial charge in [-0.2, -0.15) is 0 Å². The molecule has 2 aromatic carbocycles. The molecule has 2 amide bonds. The summed E-state index contributed by atoms with van der Waals surface area (Å²) in [5.41, 5.74) is 3.52. The number of hydrogen-bond donors (Lipinski definition) is 1. The molecule has 3 rings (SSSR count). The minimum absolute atomic E-state index is 0.0390. The van der Waals surface area contributed by atoms with E-state index in [1.54, 1.807) is 30.3 Å². The molecule has 122 valence electrons. The average Bonchev–Trinajstić information content (AvgIpc) is 2.65. The topological polar surface area (TPSA) is 49.4 Å². The molecule has 4 heteroatoms. The number of benzene rings is 2. The molecule has 24 heavy (non-hydrogen) atoms. The Bertz CT molecular complexity index is 783. The SMILES string of the molecule is C=CCNC(=O)c1cccc(C(=O)N2CCc3ccccc3C2)c1. The number of nitrogens with one attached hydrogen (secondary N) is 1. The summed E-state index contributed by atoms with van der Waals surface area (Å²) in [5, 5.41) is 2.73. The Morgan fingerprint density at radius 3 is 2.62 bits per heavy atom. The van der Waals surface area contributed by atoms with Gasteiger partial charge in [0, 0.05) is 30.8 Å². The molecule has 1 aliphatic heterocycles. The van der Waals surface area contributed by atoms with Gasteiger partial charge in [0.15, 0.2) is 0 Å². The van der Waals surface area contributed by atoms with E-state index < -0.39 is 0 Å². The van der Waals surface area contributed by atoms with Gasteiger partial charge in [-0.1, -0.05) is 36.4 Å². The zero-order chi connectivity index (χ0) is 16.9. The third-order valence-corrected chi connectivity index (χ3v) is 4.20. The smallest absolute Gasteiger partial charge is 0.254 e.